The van der Waals surface area contributed by atoms with Gasteiger partial charge in [0.25, 0.3) is 0 Å². The third-order valence-electron chi connectivity index (χ3n) is 4.56. The predicted molar refractivity (Wildman–Crippen MR) is 72.7 cm³/mol. The normalized spacial score (nSPS) is 26.3. The number of likely N-dealkylation sites (tertiary alicyclic amines) is 1. The number of rotatable bonds is 5. The van der Waals surface area contributed by atoms with Gasteiger partial charge in [0.1, 0.15) is 0 Å². The molecule has 1 spiro atoms. The van der Waals surface area contributed by atoms with E-state index >= 15 is 0 Å². The van der Waals surface area contributed by atoms with Gasteiger partial charge in [-0.15, -0.1) is 0 Å². The Labute approximate surface area is 111 Å². The van der Waals surface area contributed by atoms with Crippen molar-refractivity contribution in [2.24, 2.45) is 5.41 Å². The number of aliphatic hydroxyl groups excluding tert-OH is 1. The highest BCUT2D eigenvalue weighted by Crippen LogP contribution is 2.39. The lowest BCUT2D eigenvalue weighted by Crippen LogP contribution is -2.47. The number of β-amino-alcohol motifs (C(OH)–C–C–N with tert-alkyl or cyclic N) is 1. The molecule has 2 N–H and O–H groups in total. The van der Waals surface area contributed by atoms with E-state index in [0.29, 0.717) is 18.6 Å². The molecule has 0 amide bonds. The van der Waals surface area contributed by atoms with E-state index in [1.807, 2.05) is 6.92 Å². The minimum Gasteiger partial charge on any atom is -0.389 e. The second kappa shape index (κ2) is 6.85. The van der Waals surface area contributed by atoms with Gasteiger partial charge < -0.3 is 20.1 Å². The molecule has 0 aromatic heterocycles. The maximum Gasteiger partial charge on any atom is 0.0900 e. The van der Waals surface area contributed by atoms with Crippen molar-refractivity contribution < 1.29 is 9.84 Å². The molecule has 0 bridgehead atoms. The van der Waals surface area contributed by atoms with Crippen LogP contribution in [0.3, 0.4) is 0 Å². The van der Waals surface area contributed by atoms with Gasteiger partial charge in [-0.3, -0.25) is 0 Å². The highest BCUT2D eigenvalue weighted by atomic mass is 16.5. The van der Waals surface area contributed by atoms with E-state index in [1.165, 1.54) is 38.8 Å². The maximum atomic E-state index is 9.86. The number of hydrogen-bond acceptors (Lipinski definition) is 4. The Hall–Kier alpha value is -0.160. The van der Waals surface area contributed by atoms with Gasteiger partial charge in [0.2, 0.25) is 0 Å². The van der Waals surface area contributed by atoms with Crippen LogP contribution >= 0.6 is 0 Å². The minimum atomic E-state index is -0.327. The Morgan fingerprint density at radius 3 is 2.50 bits per heavy atom. The predicted octanol–water partition coefficient (Wildman–Crippen LogP) is 0.849. The van der Waals surface area contributed by atoms with E-state index in [2.05, 4.69) is 10.2 Å². The molecule has 18 heavy (non-hydrogen) atoms. The van der Waals surface area contributed by atoms with Crippen LogP contribution in [0.4, 0.5) is 0 Å². The third-order valence-corrected chi connectivity index (χ3v) is 4.56. The van der Waals surface area contributed by atoms with E-state index < -0.39 is 0 Å². The molecule has 0 aromatic carbocycles. The van der Waals surface area contributed by atoms with Crippen molar-refractivity contribution in [2.75, 3.05) is 45.9 Å². The Bertz CT molecular complexity index is 232. The zero-order chi connectivity index (χ0) is 12.8. The molecular weight excluding hydrogens is 228 g/mol. The first-order chi connectivity index (χ1) is 8.74. The zero-order valence-corrected chi connectivity index (χ0v) is 11.7. The summed E-state index contributed by atoms with van der Waals surface area (Å²) in [4.78, 5) is 2.40. The van der Waals surface area contributed by atoms with Gasteiger partial charge in [0.15, 0.2) is 0 Å². The van der Waals surface area contributed by atoms with Gasteiger partial charge in [0.05, 0.1) is 12.7 Å². The fourth-order valence-electron chi connectivity index (χ4n) is 3.27. The maximum absolute atomic E-state index is 9.86. The number of aliphatic hydroxyl groups is 1. The number of nitrogens with one attached hydrogen (secondary N) is 1. The molecule has 2 heterocycles. The van der Waals surface area contributed by atoms with Crippen molar-refractivity contribution in [3.05, 3.63) is 0 Å². The van der Waals surface area contributed by atoms with Crippen molar-refractivity contribution in [3.8, 4) is 0 Å². The van der Waals surface area contributed by atoms with Crippen molar-refractivity contribution in [1.82, 2.24) is 10.2 Å². The van der Waals surface area contributed by atoms with Crippen LogP contribution < -0.4 is 5.32 Å². The van der Waals surface area contributed by atoms with Crippen molar-refractivity contribution in [2.45, 2.75) is 38.7 Å². The summed E-state index contributed by atoms with van der Waals surface area (Å²) in [7, 11) is 0. The molecule has 2 aliphatic rings. The van der Waals surface area contributed by atoms with Gasteiger partial charge in [-0.1, -0.05) is 0 Å². The average molecular weight is 256 g/mol. The lowest BCUT2D eigenvalue weighted by Gasteiger charge is -2.44. The minimum absolute atomic E-state index is 0.327. The van der Waals surface area contributed by atoms with Gasteiger partial charge in [-0.25, -0.2) is 0 Å². The topological polar surface area (TPSA) is 44.7 Å². The molecule has 2 saturated heterocycles. The van der Waals surface area contributed by atoms with E-state index in [4.69, 9.17) is 4.74 Å². The second-order valence-corrected chi connectivity index (χ2v) is 5.86. The van der Waals surface area contributed by atoms with E-state index in [9.17, 15) is 5.11 Å². The quantitative estimate of drug-likeness (QED) is 0.765. The van der Waals surface area contributed by atoms with Gasteiger partial charge in [-0.05, 0) is 64.2 Å². The standard InChI is InChI=1S/C14H28N2O2/c1-2-18-12-13(17)11-16-9-5-14(6-10-16)3-7-15-8-4-14/h13,15,17H,2-12H2,1H3. The monoisotopic (exact) mass is 256 g/mol. The summed E-state index contributed by atoms with van der Waals surface area (Å²) in [5.74, 6) is 0. The zero-order valence-electron chi connectivity index (χ0n) is 11.7. The smallest absolute Gasteiger partial charge is 0.0900 e. The summed E-state index contributed by atoms with van der Waals surface area (Å²) < 4.78 is 5.26. The molecule has 4 nitrogen and oxygen atoms in total. The first-order valence-electron chi connectivity index (χ1n) is 7.43. The Morgan fingerprint density at radius 1 is 1.22 bits per heavy atom. The summed E-state index contributed by atoms with van der Waals surface area (Å²) in [6, 6.07) is 0. The summed E-state index contributed by atoms with van der Waals surface area (Å²) in [5.41, 5.74) is 0.604. The Kier molecular flexibility index (Phi) is 5.42. The molecule has 4 heteroatoms. The van der Waals surface area contributed by atoms with Crippen LogP contribution in [0.15, 0.2) is 0 Å². The Balaban J connectivity index is 1.69. The van der Waals surface area contributed by atoms with Gasteiger partial charge in [-0.2, -0.15) is 0 Å². The van der Waals surface area contributed by atoms with Crippen LogP contribution in [0.25, 0.3) is 0 Å². The average Bonchev–Trinajstić information content (AvgIpc) is 2.40. The number of hydrogen-bond donors (Lipinski definition) is 2. The highest BCUT2D eigenvalue weighted by molar-refractivity contribution is 4.89. The Morgan fingerprint density at radius 2 is 1.89 bits per heavy atom. The van der Waals surface area contributed by atoms with Crippen LogP contribution in [0, 0.1) is 5.41 Å². The van der Waals surface area contributed by atoms with Crippen molar-refractivity contribution in [3.63, 3.8) is 0 Å². The summed E-state index contributed by atoms with van der Waals surface area (Å²) >= 11 is 0. The summed E-state index contributed by atoms with van der Waals surface area (Å²) in [6.07, 6.45) is 4.95. The number of nitrogens with zero attached hydrogens (tertiary/aromatic N) is 1. The number of piperidine rings is 2. The molecule has 1 atom stereocenters. The summed E-state index contributed by atoms with van der Waals surface area (Å²) in [5, 5.41) is 13.3. The van der Waals surface area contributed by atoms with Gasteiger partial charge >= 0.3 is 0 Å². The van der Waals surface area contributed by atoms with E-state index in [0.717, 1.165) is 19.6 Å². The van der Waals surface area contributed by atoms with Crippen LogP contribution in [0.1, 0.15) is 32.6 Å². The first-order valence-corrected chi connectivity index (χ1v) is 7.43. The molecule has 0 aliphatic carbocycles. The molecule has 0 saturated carbocycles. The molecule has 0 radical (unpaired) electrons. The van der Waals surface area contributed by atoms with Crippen LogP contribution in [0.2, 0.25) is 0 Å². The SMILES string of the molecule is CCOCC(O)CN1CCC2(CCNCC2)CC1. The molecule has 2 fully saturated rings. The molecule has 1 unspecified atom stereocenters. The van der Waals surface area contributed by atoms with Crippen LogP contribution in [0.5, 0.6) is 0 Å². The lowest BCUT2D eigenvalue weighted by atomic mass is 9.71. The van der Waals surface area contributed by atoms with Crippen molar-refractivity contribution >= 4 is 0 Å². The molecule has 2 aliphatic heterocycles. The number of ether oxygens (including phenoxy) is 1. The van der Waals surface area contributed by atoms with Crippen LogP contribution in [-0.4, -0.2) is 62.0 Å². The van der Waals surface area contributed by atoms with Gasteiger partial charge in [0, 0.05) is 13.2 Å². The van der Waals surface area contributed by atoms with E-state index in [1.54, 1.807) is 0 Å². The van der Waals surface area contributed by atoms with E-state index in [-0.39, 0.29) is 6.10 Å². The third kappa shape index (κ3) is 3.92. The fourth-order valence-corrected chi connectivity index (χ4v) is 3.27. The second-order valence-electron chi connectivity index (χ2n) is 5.86. The first kappa shape index (κ1) is 14.3. The molecule has 106 valence electrons. The molecule has 0 aromatic rings. The molecule has 2 rings (SSSR count). The highest BCUT2D eigenvalue weighted by Gasteiger charge is 2.35. The largest absolute Gasteiger partial charge is 0.389 e. The van der Waals surface area contributed by atoms with Crippen molar-refractivity contribution in [1.29, 1.82) is 0 Å². The van der Waals surface area contributed by atoms with Crippen LogP contribution in [-0.2, 0) is 4.74 Å². The lowest BCUT2D eigenvalue weighted by molar-refractivity contribution is 0.00127. The summed E-state index contributed by atoms with van der Waals surface area (Å²) in [6.45, 7) is 8.56. The molecular formula is C14H28N2O2. The fraction of sp³-hybridized carbons (Fsp3) is 1.00.